The highest BCUT2D eigenvalue weighted by Gasteiger charge is 2.44. The highest BCUT2D eigenvalue weighted by atomic mass is 127. The highest BCUT2D eigenvalue weighted by molar-refractivity contribution is 14.0. The molecular weight excluding hydrogens is 436 g/mol. The summed E-state index contributed by atoms with van der Waals surface area (Å²) in [7, 11) is 0. The van der Waals surface area contributed by atoms with Gasteiger partial charge in [-0.25, -0.2) is 4.39 Å². The van der Waals surface area contributed by atoms with Gasteiger partial charge >= 0.3 is 0 Å². The standard InChI is InChI=1S/C18H26FN3S.HI/c1-2-20-17(21-12-16-4-3-11-23-16)22-13-18(9-10-18)14-5-7-15(19)8-6-14;/h5-8,16H,2-4,9-13H2,1H3,(H2,20,21,22);1H. The summed E-state index contributed by atoms with van der Waals surface area (Å²) in [6.45, 7) is 4.72. The molecule has 0 spiro atoms. The van der Waals surface area contributed by atoms with Gasteiger partial charge < -0.3 is 10.6 Å². The van der Waals surface area contributed by atoms with E-state index in [2.05, 4.69) is 29.3 Å². The molecule has 0 bridgehead atoms. The molecule has 1 atom stereocenters. The largest absolute Gasteiger partial charge is 0.357 e. The van der Waals surface area contributed by atoms with E-state index in [0.717, 1.165) is 38.4 Å². The van der Waals surface area contributed by atoms with Crippen molar-refractivity contribution in [1.82, 2.24) is 10.6 Å². The molecule has 1 unspecified atom stereocenters. The fourth-order valence-corrected chi connectivity index (χ4v) is 4.28. The lowest BCUT2D eigenvalue weighted by molar-refractivity contribution is 0.623. The van der Waals surface area contributed by atoms with Crippen LogP contribution in [0.1, 0.15) is 38.2 Å². The third kappa shape index (κ3) is 5.25. The topological polar surface area (TPSA) is 36.4 Å². The number of aliphatic imine (C=N–C) groups is 1. The Balaban J connectivity index is 0.00000208. The maximum absolute atomic E-state index is 13.1. The molecule has 0 radical (unpaired) electrons. The summed E-state index contributed by atoms with van der Waals surface area (Å²) in [4.78, 5) is 4.80. The van der Waals surface area contributed by atoms with Gasteiger partial charge in [0.25, 0.3) is 0 Å². The second kappa shape index (κ2) is 9.27. The molecule has 2 aliphatic rings. The van der Waals surface area contributed by atoms with Gasteiger partial charge in [-0.2, -0.15) is 11.8 Å². The van der Waals surface area contributed by atoms with Crippen LogP contribution in [0.4, 0.5) is 4.39 Å². The van der Waals surface area contributed by atoms with Crippen LogP contribution < -0.4 is 10.6 Å². The van der Waals surface area contributed by atoms with Crippen LogP contribution in [0.3, 0.4) is 0 Å². The minimum atomic E-state index is -0.169. The minimum Gasteiger partial charge on any atom is -0.357 e. The fourth-order valence-electron chi connectivity index (χ4n) is 3.08. The number of nitrogens with one attached hydrogen (secondary N) is 2. The van der Waals surface area contributed by atoms with Crippen LogP contribution in [0.5, 0.6) is 0 Å². The van der Waals surface area contributed by atoms with Crippen LogP contribution in [0.25, 0.3) is 0 Å². The van der Waals surface area contributed by atoms with E-state index in [1.807, 2.05) is 12.1 Å². The van der Waals surface area contributed by atoms with E-state index in [-0.39, 0.29) is 35.2 Å². The first kappa shape index (κ1) is 19.8. The van der Waals surface area contributed by atoms with Gasteiger partial charge in [0.15, 0.2) is 5.96 Å². The van der Waals surface area contributed by atoms with Crippen molar-refractivity contribution < 1.29 is 4.39 Å². The van der Waals surface area contributed by atoms with Crippen molar-refractivity contribution in [3.8, 4) is 0 Å². The van der Waals surface area contributed by atoms with Crippen molar-refractivity contribution >= 4 is 41.7 Å². The lowest BCUT2D eigenvalue weighted by Gasteiger charge is -2.17. The molecule has 2 fully saturated rings. The van der Waals surface area contributed by atoms with Crippen molar-refractivity contribution in [1.29, 1.82) is 0 Å². The van der Waals surface area contributed by atoms with Gasteiger partial charge in [-0.15, -0.1) is 24.0 Å². The molecule has 3 rings (SSSR count). The quantitative estimate of drug-likeness (QED) is 0.382. The molecular formula is C18H27FIN3S. The number of nitrogens with zero attached hydrogens (tertiary/aromatic N) is 1. The van der Waals surface area contributed by atoms with Gasteiger partial charge in [0, 0.05) is 23.8 Å². The first-order chi connectivity index (χ1) is 11.2. The number of rotatable bonds is 6. The zero-order valence-corrected chi connectivity index (χ0v) is 17.3. The summed E-state index contributed by atoms with van der Waals surface area (Å²) in [5.41, 5.74) is 1.34. The smallest absolute Gasteiger partial charge is 0.191 e. The Labute approximate surface area is 165 Å². The number of hydrogen-bond donors (Lipinski definition) is 2. The summed E-state index contributed by atoms with van der Waals surface area (Å²) < 4.78 is 13.1. The number of benzene rings is 1. The summed E-state index contributed by atoms with van der Waals surface area (Å²) >= 11 is 2.06. The monoisotopic (exact) mass is 463 g/mol. The van der Waals surface area contributed by atoms with Crippen molar-refractivity contribution in [3.63, 3.8) is 0 Å². The summed E-state index contributed by atoms with van der Waals surface area (Å²) in [6, 6.07) is 6.93. The van der Waals surface area contributed by atoms with Crippen molar-refractivity contribution in [2.45, 2.75) is 43.3 Å². The first-order valence-corrected chi connectivity index (χ1v) is 9.66. The molecule has 2 N–H and O–H groups in total. The molecule has 1 saturated heterocycles. The molecule has 0 aromatic heterocycles. The zero-order valence-electron chi connectivity index (χ0n) is 14.2. The van der Waals surface area contributed by atoms with E-state index in [1.165, 1.54) is 24.2 Å². The van der Waals surface area contributed by atoms with Gasteiger partial charge in [0.1, 0.15) is 5.82 Å². The Bertz CT molecular complexity index is 540. The molecule has 1 aliphatic carbocycles. The lowest BCUT2D eigenvalue weighted by Crippen LogP contribution is -2.40. The Morgan fingerprint density at radius 3 is 2.62 bits per heavy atom. The average molecular weight is 463 g/mol. The molecule has 1 aromatic rings. The van der Waals surface area contributed by atoms with E-state index in [4.69, 9.17) is 4.99 Å². The average Bonchev–Trinajstić information content (AvgIpc) is 3.16. The summed E-state index contributed by atoms with van der Waals surface area (Å²) in [5, 5.41) is 7.53. The Hall–Kier alpha value is -0.500. The number of hydrogen-bond acceptors (Lipinski definition) is 2. The molecule has 1 saturated carbocycles. The molecule has 1 aliphatic heterocycles. The highest BCUT2D eigenvalue weighted by Crippen LogP contribution is 2.48. The third-order valence-corrected chi connectivity index (χ3v) is 6.11. The first-order valence-electron chi connectivity index (χ1n) is 8.62. The van der Waals surface area contributed by atoms with Crippen LogP contribution >= 0.6 is 35.7 Å². The van der Waals surface area contributed by atoms with E-state index in [9.17, 15) is 4.39 Å². The molecule has 1 heterocycles. The van der Waals surface area contributed by atoms with Crippen LogP contribution in [-0.4, -0.2) is 36.6 Å². The van der Waals surface area contributed by atoms with Crippen molar-refractivity contribution in [2.75, 3.05) is 25.4 Å². The molecule has 0 amide bonds. The second-order valence-corrected chi connectivity index (χ2v) is 7.91. The van der Waals surface area contributed by atoms with E-state index < -0.39 is 0 Å². The van der Waals surface area contributed by atoms with Crippen LogP contribution in [0.15, 0.2) is 29.3 Å². The lowest BCUT2D eigenvalue weighted by atomic mass is 9.96. The van der Waals surface area contributed by atoms with Crippen LogP contribution in [0.2, 0.25) is 0 Å². The number of thioether (sulfide) groups is 1. The Morgan fingerprint density at radius 2 is 2.04 bits per heavy atom. The normalized spacial score (nSPS) is 21.9. The van der Waals surface area contributed by atoms with E-state index in [0.29, 0.717) is 5.25 Å². The zero-order chi connectivity index (χ0) is 16.1. The molecule has 1 aromatic carbocycles. The Kier molecular flexibility index (Phi) is 7.65. The van der Waals surface area contributed by atoms with Crippen LogP contribution in [-0.2, 0) is 5.41 Å². The van der Waals surface area contributed by atoms with Gasteiger partial charge in [-0.1, -0.05) is 12.1 Å². The molecule has 3 nitrogen and oxygen atoms in total. The Morgan fingerprint density at radius 1 is 1.29 bits per heavy atom. The van der Waals surface area contributed by atoms with Gasteiger partial charge in [0.2, 0.25) is 0 Å². The minimum absolute atomic E-state index is 0. The molecule has 6 heteroatoms. The maximum Gasteiger partial charge on any atom is 0.191 e. The van der Waals surface area contributed by atoms with Gasteiger partial charge in [-0.3, -0.25) is 4.99 Å². The predicted molar refractivity (Wildman–Crippen MR) is 112 cm³/mol. The molecule has 134 valence electrons. The predicted octanol–water partition coefficient (Wildman–Crippen LogP) is 3.93. The SMILES string of the molecule is CCNC(=NCC1(c2ccc(F)cc2)CC1)NCC1CCCS1.I. The fraction of sp³-hybridized carbons (Fsp3) is 0.611. The number of halogens is 2. The second-order valence-electron chi connectivity index (χ2n) is 6.50. The third-order valence-electron chi connectivity index (χ3n) is 4.72. The summed E-state index contributed by atoms with van der Waals surface area (Å²) in [5.74, 6) is 2.03. The summed E-state index contributed by atoms with van der Waals surface area (Å²) in [6.07, 6.45) is 4.91. The number of guanidine groups is 1. The molecule has 24 heavy (non-hydrogen) atoms. The van der Waals surface area contributed by atoms with E-state index >= 15 is 0 Å². The maximum atomic E-state index is 13.1. The van der Waals surface area contributed by atoms with Gasteiger partial charge in [0.05, 0.1) is 6.54 Å². The van der Waals surface area contributed by atoms with Crippen molar-refractivity contribution in [3.05, 3.63) is 35.6 Å². The van der Waals surface area contributed by atoms with Crippen molar-refractivity contribution in [2.24, 2.45) is 4.99 Å². The van der Waals surface area contributed by atoms with Crippen LogP contribution in [0, 0.1) is 5.82 Å². The van der Waals surface area contributed by atoms with E-state index in [1.54, 1.807) is 12.1 Å². The van der Waals surface area contributed by atoms with Gasteiger partial charge in [-0.05, 0) is 56.1 Å².